The highest BCUT2D eigenvalue weighted by atomic mass is 16.5. The van der Waals surface area contributed by atoms with E-state index in [9.17, 15) is 4.79 Å². The van der Waals surface area contributed by atoms with E-state index >= 15 is 0 Å². The number of rotatable bonds is 4. The molecular formula is C15H13N3O2. The predicted octanol–water partition coefficient (Wildman–Crippen LogP) is 2.60. The molecule has 2 rings (SSSR count). The molecule has 0 aliphatic heterocycles. The molecule has 0 saturated heterocycles. The van der Waals surface area contributed by atoms with E-state index < -0.39 is 0 Å². The summed E-state index contributed by atoms with van der Waals surface area (Å²) in [5.74, 6) is 0.217. The van der Waals surface area contributed by atoms with Gasteiger partial charge in [-0.3, -0.25) is 9.78 Å². The zero-order valence-electron chi connectivity index (χ0n) is 11.0. The number of aromatic nitrogens is 1. The van der Waals surface area contributed by atoms with Gasteiger partial charge in [-0.25, -0.2) is 0 Å². The lowest BCUT2D eigenvalue weighted by Gasteiger charge is -2.10. The van der Waals surface area contributed by atoms with Crippen molar-refractivity contribution in [3.05, 3.63) is 53.9 Å². The summed E-state index contributed by atoms with van der Waals surface area (Å²) in [5, 5.41) is 11.5. The molecular weight excluding hydrogens is 254 g/mol. The number of carbonyl (C=O) groups is 1. The Bertz CT molecular complexity index is 662. The van der Waals surface area contributed by atoms with Gasteiger partial charge in [0.1, 0.15) is 11.4 Å². The highest BCUT2D eigenvalue weighted by molar-refractivity contribution is 6.03. The van der Waals surface area contributed by atoms with Gasteiger partial charge in [0, 0.05) is 6.20 Å². The van der Waals surface area contributed by atoms with Gasteiger partial charge in [0.2, 0.25) is 0 Å². The topological polar surface area (TPSA) is 75.0 Å². The maximum Gasteiger partial charge on any atom is 0.274 e. The number of nitrogens with zero attached hydrogens (tertiary/aromatic N) is 2. The Labute approximate surface area is 116 Å². The summed E-state index contributed by atoms with van der Waals surface area (Å²) >= 11 is 0. The molecule has 20 heavy (non-hydrogen) atoms. The van der Waals surface area contributed by atoms with Gasteiger partial charge in [-0.2, -0.15) is 5.26 Å². The Morgan fingerprint density at radius 2 is 2.20 bits per heavy atom. The average molecular weight is 267 g/mol. The van der Waals surface area contributed by atoms with E-state index in [1.54, 1.807) is 24.3 Å². The Morgan fingerprint density at radius 1 is 1.40 bits per heavy atom. The fraction of sp³-hybridized carbons (Fsp3) is 0.133. The maximum atomic E-state index is 12.1. The minimum absolute atomic E-state index is 0.190. The molecule has 1 aromatic heterocycles. The lowest BCUT2D eigenvalue weighted by Crippen LogP contribution is -2.14. The van der Waals surface area contributed by atoms with E-state index in [-0.39, 0.29) is 11.6 Å². The molecule has 2 aromatic rings. The molecule has 0 saturated carbocycles. The molecule has 0 unspecified atom stereocenters. The van der Waals surface area contributed by atoms with Crippen molar-refractivity contribution in [2.45, 2.75) is 6.92 Å². The Balaban J connectivity index is 2.21. The Hall–Kier alpha value is -2.87. The van der Waals surface area contributed by atoms with Crippen LogP contribution < -0.4 is 10.1 Å². The van der Waals surface area contributed by atoms with Gasteiger partial charge in [-0.05, 0) is 31.2 Å². The highest BCUT2D eigenvalue weighted by Crippen LogP contribution is 2.24. The summed E-state index contributed by atoms with van der Waals surface area (Å²) in [6.45, 7) is 2.38. The number of ether oxygens (including phenoxy) is 1. The van der Waals surface area contributed by atoms with Gasteiger partial charge < -0.3 is 10.1 Å². The normalized spacial score (nSPS) is 9.60. The molecule has 0 spiro atoms. The molecule has 0 aliphatic carbocycles. The van der Waals surface area contributed by atoms with Crippen LogP contribution in [0.15, 0.2) is 42.6 Å². The summed E-state index contributed by atoms with van der Waals surface area (Å²) in [4.78, 5) is 16.1. The third-order valence-corrected chi connectivity index (χ3v) is 2.56. The number of para-hydroxylation sites is 2. The summed E-state index contributed by atoms with van der Waals surface area (Å²) in [7, 11) is 0. The Morgan fingerprint density at radius 3 is 2.95 bits per heavy atom. The van der Waals surface area contributed by atoms with E-state index in [1.807, 2.05) is 19.1 Å². The monoisotopic (exact) mass is 267 g/mol. The largest absolute Gasteiger partial charge is 0.492 e. The molecule has 0 bridgehead atoms. The second-order valence-electron chi connectivity index (χ2n) is 3.92. The molecule has 100 valence electrons. The van der Waals surface area contributed by atoms with Crippen LogP contribution in [0, 0.1) is 11.3 Å². The highest BCUT2D eigenvalue weighted by Gasteiger charge is 2.11. The lowest BCUT2D eigenvalue weighted by atomic mass is 10.2. The molecule has 1 N–H and O–H groups in total. The first-order valence-corrected chi connectivity index (χ1v) is 6.14. The SMILES string of the molecule is CCOc1ccccc1NC(=O)c1cc(C#N)ccn1. The first-order chi connectivity index (χ1) is 9.74. The van der Waals surface area contributed by atoms with Gasteiger partial charge in [-0.1, -0.05) is 12.1 Å². The quantitative estimate of drug-likeness (QED) is 0.923. The average Bonchev–Trinajstić information content (AvgIpc) is 2.49. The van der Waals surface area contributed by atoms with Crippen molar-refractivity contribution in [1.29, 1.82) is 5.26 Å². The standard InChI is InChI=1S/C15H13N3O2/c1-2-20-14-6-4-3-5-12(14)18-15(19)13-9-11(10-16)7-8-17-13/h3-9H,2H2,1H3,(H,18,19). The van der Waals surface area contributed by atoms with Crippen molar-refractivity contribution >= 4 is 11.6 Å². The summed E-state index contributed by atoms with van der Waals surface area (Å²) in [5.41, 5.74) is 1.15. The van der Waals surface area contributed by atoms with Crippen LogP contribution in [0.2, 0.25) is 0 Å². The third kappa shape index (κ3) is 3.12. The smallest absolute Gasteiger partial charge is 0.274 e. The molecule has 1 aromatic carbocycles. The molecule has 0 fully saturated rings. The van der Waals surface area contributed by atoms with Crippen molar-refractivity contribution in [2.75, 3.05) is 11.9 Å². The van der Waals surface area contributed by atoms with E-state index in [0.29, 0.717) is 23.6 Å². The van der Waals surface area contributed by atoms with E-state index in [2.05, 4.69) is 10.3 Å². The van der Waals surface area contributed by atoms with Crippen LogP contribution in [0.5, 0.6) is 5.75 Å². The number of pyridine rings is 1. The first kappa shape index (κ1) is 13.6. The number of hydrogen-bond acceptors (Lipinski definition) is 4. The number of hydrogen-bond donors (Lipinski definition) is 1. The molecule has 1 amide bonds. The van der Waals surface area contributed by atoms with Crippen LogP contribution in [-0.4, -0.2) is 17.5 Å². The second kappa shape index (κ2) is 6.34. The number of benzene rings is 1. The molecule has 5 nitrogen and oxygen atoms in total. The van der Waals surface area contributed by atoms with Crippen LogP contribution in [0.4, 0.5) is 5.69 Å². The zero-order valence-corrected chi connectivity index (χ0v) is 11.0. The second-order valence-corrected chi connectivity index (χ2v) is 3.92. The van der Waals surface area contributed by atoms with Crippen molar-refractivity contribution in [1.82, 2.24) is 4.98 Å². The van der Waals surface area contributed by atoms with Gasteiger partial charge >= 0.3 is 0 Å². The van der Waals surface area contributed by atoms with Crippen LogP contribution in [0.3, 0.4) is 0 Å². The van der Waals surface area contributed by atoms with Crippen LogP contribution in [0.1, 0.15) is 23.0 Å². The third-order valence-electron chi connectivity index (χ3n) is 2.56. The predicted molar refractivity (Wildman–Crippen MR) is 74.5 cm³/mol. The van der Waals surface area contributed by atoms with E-state index in [4.69, 9.17) is 10.00 Å². The van der Waals surface area contributed by atoms with E-state index in [0.717, 1.165) is 0 Å². The van der Waals surface area contributed by atoms with Gasteiger partial charge in [0.15, 0.2) is 0 Å². The van der Waals surface area contributed by atoms with E-state index in [1.165, 1.54) is 12.3 Å². The first-order valence-electron chi connectivity index (χ1n) is 6.14. The number of carbonyl (C=O) groups excluding carboxylic acids is 1. The maximum absolute atomic E-state index is 12.1. The van der Waals surface area contributed by atoms with Crippen LogP contribution in [0.25, 0.3) is 0 Å². The van der Waals surface area contributed by atoms with Crippen molar-refractivity contribution in [2.24, 2.45) is 0 Å². The van der Waals surface area contributed by atoms with Crippen molar-refractivity contribution in [3.8, 4) is 11.8 Å². The summed E-state index contributed by atoms with van der Waals surface area (Å²) in [6, 6.07) is 12.1. The summed E-state index contributed by atoms with van der Waals surface area (Å²) < 4.78 is 5.43. The van der Waals surface area contributed by atoms with Crippen LogP contribution >= 0.6 is 0 Å². The number of anilines is 1. The van der Waals surface area contributed by atoms with Crippen molar-refractivity contribution in [3.63, 3.8) is 0 Å². The Kier molecular flexibility index (Phi) is 4.30. The van der Waals surface area contributed by atoms with Gasteiger partial charge in [0.25, 0.3) is 5.91 Å². The number of nitriles is 1. The summed E-state index contributed by atoms with van der Waals surface area (Å²) in [6.07, 6.45) is 1.43. The van der Waals surface area contributed by atoms with Crippen LogP contribution in [-0.2, 0) is 0 Å². The minimum atomic E-state index is -0.380. The fourth-order valence-electron chi connectivity index (χ4n) is 1.66. The zero-order chi connectivity index (χ0) is 14.4. The lowest BCUT2D eigenvalue weighted by molar-refractivity contribution is 0.102. The van der Waals surface area contributed by atoms with Gasteiger partial charge in [0.05, 0.1) is 23.9 Å². The molecule has 0 atom stereocenters. The fourth-order valence-corrected chi connectivity index (χ4v) is 1.66. The van der Waals surface area contributed by atoms with Gasteiger partial charge in [-0.15, -0.1) is 0 Å². The molecule has 1 heterocycles. The molecule has 0 aliphatic rings. The number of nitrogens with one attached hydrogen (secondary N) is 1. The number of amides is 1. The molecule has 5 heteroatoms. The molecule has 0 radical (unpaired) electrons. The van der Waals surface area contributed by atoms with Crippen molar-refractivity contribution < 1.29 is 9.53 Å². The minimum Gasteiger partial charge on any atom is -0.492 e.